The van der Waals surface area contributed by atoms with Gasteiger partial charge in [-0.3, -0.25) is 0 Å². The molecule has 8 aromatic rings. The number of furan rings is 1. The first-order valence-electron chi connectivity index (χ1n) is 13.7. The van der Waals surface area contributed by atoms with Crippen LogP contribution in [0, 0.1) is 0 Å². The van der Waals surface area contributed by atoms with E-state index >= 15 is 0 Å². The zero-order valence-corrected chi connectivity index (χ0v) is 23.1. The second-order valence-corrected chi connectivity index (χ2v) is 10.6. The predicted octanol–water partition coefficient (Wildman–Crippen LogP) is 10.2. The number of rotatable bonds is 4. The van der Waals surface area contributed by atoms with Crippen LogP contribution < -0.4 is 0 Å². The van der Waals surface area contributed by atoms with E-state index in [9.17, 15) is 0 Å². The van der Waals surface area contributed by atoms with Gasteiger partial charge in [-0.25, -0.2) is 4.98 Å². The molecule has 0 unspecified atom stereocenters. The van der Waals surface area contributed by atoms with E-state index in [0.29, 0.717) is 11.6 Å². The SMILES string of the molecule is Clc1nc(-c2ccc(-c3ccc4ccccc4c3)cc2)nc(-c2cccc3oc4cc(-c5ccccc5)ccc4c23)n1. The zero-order chi connectivity index (χ0) is 28.0. The molecule has 0 fully saturated rings. The van der Waals surface area contributed by atoms with E-state index in [1.165, 1.54) is 10.8 Å². The van der Waals surface area contributed by atoms with Crippen molar-refractivity contribution in [2.75, 3.05) is 0 Å². The van der Waals surface area contributed by atoms with Gasteiger partial charge in [-0.2, -0.15) is 9.97 Å². The van der Waals surface area contributed by atoms with Gasteiger partial charge in [-0.05, 0) is 68.9 Å². The van der Waals surface area contributed by atoms with Crippen molar-refractivity contribution in [1.29, 1.82) is 0 Å². The summed E-state index contributed by atoms with van der Waals surface area (Å²) in [5, 5.41) is 4.53. The molecule has 0 radical (unpaired) electrons. The lowest BCUT2D eigenvalue weighted by Crippen LogP contribution is -1.97. The first-order valence-corrected chi connectivity index (χ1v) is 14.1. The van der Waals surface area contributed by atoms with E-state index in [0.717, 1.165) is 55.3 Å². The average Bonchev–Trinajstić information content (AvgIpc) is 3.43. The number of benzene rings is 6. The van der Waals surface area contributed by atoms with Crippen LogP contribution in [0.1, 0.15) is 0 Å². The molecule has 0 saturated heterocycles. The Morgan fingerprint density at radius 3 is 1.98 bits per heavy atom. The molecule has 6 aromatic carbocycles. The largest absolute Gasteiger partial charge is 0.456 e. The molecule has 0 atom stereocenters. The topological polar surface area (TPSA) is 51.8 Å². The Morgan fingerprint density at radius 1 is 0.452 bits per heavy atom. The van der Waals surface area contributed by atoms with Gasteiger partial charge in [0.25, 0.3) is 0 Å². The summed E-state index contributed by atoms with van der Waals surface area (Å²) in [6.45, 7) is 0. The molecule has 0 spiro atoms. The molecular formula is C37H22ClN3O. The van der Waals surface area contributed by atoms with E-state index in [1.807, 2.05) is 48.5 Å². The Balaban J connectivity index is 1.19. The lowest BCUT2D eigenvalue weighted by Gasteiger charge is -2.08. The Bertz CT molecular complexity index is 2260. The lowest BCUT2D eigenvalue weighted by atomic mass is 10.00. The summed E-state index contributed by atoms with van der Waals surface area (Å²) in [5.41, 5.74) is 7.80. The molecule has 2 heterocycles. The number of halogens is 1. The van der Waals surface area contributed by atoms with Crippen LogP contribution in [0.15, 0.2) is 138 Å². The number of aromatic nitrogens is 3. The predicted molar refractivity (Wildman–Crippen MR) is 171 cm³/mol. The van der Waals surface area contributed by atoms with Crippen LogP contribution in [-0.2, 0) is 0 Å². The van der Waals surface area contributed by atoms with Crippen LogP contribution in [0.25, 0.3) is 77.7 Å². The molecule has 0 saturated carbocycles. The lowest BCUT2D eigenvalue weighted by molar-refractivity contribution is 0.669. The fourth-order valence-corrected chi connectivity index (χ4v) is 5.76. The highest BCUT2D eigenvalue weighted by Crippen LogP contribution is 2.38. The monoisotopic (exact) mass is 559 g/mol. The van der Waals surface area contributed by atoms with Crippen LogP contribution >= 0.6 is 11.6 Å². The summed E-state index contributed by atoms with van der Waals surface area (Å²) in [5.74, 6) is 1.02. The zero-order valence-electron chi connectivity index (χ0n) is 22.3. The minimum atomic E-state index is 0.143. The number of nitrogens with zero attached hydrogens (tertiary/aromatic N) is 3. The highest BCUT2D eigenvalue weighted by Gasteiger charge is 2.17. The smallest absolute Gasteiger partial charge is 0.226 e. The van der Waals surface area contributed by atoms with Crippen molar-refractivity contribution < 1.29 is 4.42 Å². The van der Waals surface area contributed by atoms with Gasteiger partial charge < -0.3 is 4.42 Å². The van der Waals surface area contributed by atoms with Crippen LogP contribution in [0.2, 0.25) is 5.28 Å². The van der Waals surface area contributed by atoms with Crippen molar-refractivity contribution >= 4 is 44.3 Å². The van der Waals surface area contributed by atoms with E-state index in [4.69, 9.17) is 21.0 Å². The molecule has 4 nitrogen and oxygen atoms in total. The number of hydrogen-bond donors (Lipinski definition) is 0. The van der Waals surface area contributed by atoms with Gasteiger partial charge in [0.15, 0.2) is 11.6 Å². The van der Waals surface area contributed by atoms with E-state index in [2.05, 4.69) is 94.9 Å². The maximum absolute atomic E-state index is 6.48. The van der Waals surface area contributed by atoms with Crippen LogP contribution in [0.5, 0.6) is 0 Å². The number of fused-ring (bicyclic) bond motifs is 4. The second kappa shape index (κ2) is 9.95. The Labute approximate surface area is 246 Å². The van der Waals surface area contributed by atoms with Gasteiger partial charge in [0, 0.05) is 21.9 Å². The van der Waals surface area contributed by atoms with Gasteiger partial charge >= 0.3 is 0 Å². The molecule has 198 valence electrons. The Kier molecular flexibility index (Phi) is 5.80. The summed E-state index contributed by atoms with van der Waals surface area (Å²) in [6, 6.07) is 45.6. The molecular weight excluding hydrogens is 538 g/mol. The number of hydrogen-bond acceptors (Lipinski definition) is 4. The van der Waals surface area contributed by atoms with Gasteiger partial charge in [0.05, 0.1) is 0 Å². The third kappa shape index (κ3) is 4.30. The fourth-order valence-electron chi connectivity index (χ4n) is 5.60. The quantitative estimate of drug-likeness (QED) is 0.215. The average molecular weight is 560 g/mol. The van der Waals surface area contributed by atoms with Crippen molar-refractivity contribution in [3.8, 4) is 45.0 Å². The first kappa shape index (κ1) is 24.5. The van der Waals surface area contributed by atoms with Gasteiger partial charge in [0.1, 0.15) is 11.2 Å². The highest BCUT2D eigenvalue weighted by molar-refractivity contribution is 6.28. The van der Waals surface area contributed by atoms with E-state index in [1.54, 1.807) is 0 Å². The summed E-state index contributed by atoms with van der Waals surface area (Å²) in [4.78, 5) is 13.9. The minimum Gasteiger partial charge on any atom is -0.456 e. The van der Waals surface area contributed by atoms with Crippen LogP contribution in [0.3, 0.4) is 0 Å². The Hall–Kier alpha value is -5.32. The third-order valence-electron chi connectivity index (χ3n) is 7.68. The van der Waals surface area contributed by atoms with Crippen molar-refractivity contribution in [3.05, 3.63) is 139 Å². The molecule has 0 bridgehead atoms. The van der Waals surface area contributed by atoms with Crippen molar-refractivity contribution in [1.82, 2.24) is 15.0 Å². The molecule has 0 aliphatic heterocycles. The van der Waals surface area contributed by atoms with Crippen molar-refractivity contribution in [2.24, 2.45) is 0 Å². The summed E-state index contributed by atoms with van der Waals surface area (Å²) in [7, 11) is 0. The second-order valence-electron chi connectivity index (χ2n) is 10.2. The van der Waals surface area contributed by atoms with Gasteiger partial charge in [-0.15, -0.1) is 0 Å². The summed E-state index contributed by atoms with van der Waals surface area (Å²) < 4.78 is 6.30. The standard InChI is InChI=1S/C37H22ClN3O/c38-37-40-35(26-16-13-25(14-17-26)28-18-15-24-9-4-5-10-27(24)21-28)39-36(41-37)31-11-6-12-32-34(31)30-20-19-29(22-33(30)42-32)23-7-2-1-3-8-23/h1-22H. The molecule has 0 N–H and O–H groups in total. The third-order valence-corrected chi connectivity index (χ3v) is 7.85. The van der Waals surface area contributed by atoms with Gasteiger partial charge in [-0.1, -0.05) is 109 Å². The molecule has 8 rings (SSSR count). The first-order chi connectivity index (χ1) is 20.7. The fraction of sp³-hybridized carbons (Fsp3) is 0. The maximum atomic E-state index is 6.48. The minimum absolute atomic E-state index is 0.143. The van der Waals surface area contributed by atoms with Gasteiger partial charge in [0.2, 0.25) is 5.28 Å². The van der Waals surface area contributed by atoms with Crippen molar-refractivity contribution in [3.63, 3.8) is 0 Å². The highest BCUT2D eigenvalue weighted by atomic mass is 35.5. The molecule has 42 heavy (non-hydrogen) atoms. The van der Waals surface area contributed by atoms with Crippen molar-refractivity contribution in [2.45, 2.75) is 0 Å². The maximum Gasteiger partial charge on any atom is 0.226 e. The van der Waals surface area contributed by atoms with Crippen LogP contribution in [-0.4, -0.2) is 15.0 Å². The van der Waals surface area contributed by atoms with Crippen LogP contribution in [0.4, 0.5) is 0 Å². The summed E-state index contributed by atoms with van der Waals surface area (Å²) >= 11 is 6.48. The molecule has 2 aromatic heterocycles. The normalized spacial score (nSPS) is 11.5. The Morgan fingerprint density at radius 2 is 1.12 bits per heavy atom. The molecule has 0 aliphatic carbocycles. The van der Waals surface area contributed by atoms with E-state index < -0.39 is 0 Å². The molecule has 5 heteroatoms. The summed E-state index contributed by atoms with van der Waals surface area (Å²) in [6.07, 6.45) is 0. The molecule has 0 amide bonds. The van der Waals surface area contributed by atoms with E-state index in [-0.39, 0.29) is 5.28 Å². The molecule has 0 aliphatic rings.